The fourth-order valence-corrected chi connectivity index (χ4v) is 2.38. The summed E-state index contributed by atoms with van der Waals surface area (Å²) in [6.07, 6.45) is 3.02. The Bertz CT molecular complexity index is 704. The number of hydrogen-bond donors (Lipinski definition) is 1. The normalized spacial score (nSPS) is 10.8. The molecule has 0 fully saturated rings. The highest BCUT2D eigenvalue weighted by Crippen LogP contribution is 2.35. The van der Waals surface area contributed by atoms with E-state index in [4.69, 9.17) is 26.3 Å². The van der Waals surface area contributed by atoms with Crippen LogP contribution in [0.15, 0.2) is 51.6 Å². The topological polar surface area (TPSA) is 65.2 Å². The number of nitrogens with two attached hydrogens (primary N) is 1. The highest BCUT2D eigenvalue weighted by Gasteiger charge is 2.18. The number of halogens is 1. The second-order valence-corrected chi connectivity index (χ2v) is 4.83. The Morgan fingerprint density at radius 1 is 1.10 bits per heavy atom. The number of benzene rings is 1. The summed E-state index contributed by atoms with van der Waals surface area (Å²) < 4.78 is 10.6. The van der Waals surface area contributed by atoms with Crippen LogP contribution >= 0.6 is 11.6 Å². The molecule has 4 nitrogen and oxygen atoms in total. The van der Waals surface area contributed by atoms with Gasteiger partial charge in [-0.1, -0.05) is 35.0 Å². The fraction of sp³-hybridized carbons (Fsp3) is 0.133. The van der Waals surface area contributed by atoms with Crippen LogP contribution < -0.4 is 5.73 Å². The van der Waals surface area contributed by atoms with Gasteiger partial charge in [-0.2, -0.15) is 0 Å². The van der Waals surface area contributed by atoms with E-state index in [9.17, 15) is 0 Å². The standard InChI is InChI=1S/C15H13ClN2O2/c16-12-6-2-1-5-11(12)14-13(20-18-15(14)17)8-7-10-4-3-9-19-10/h1-6,9H,7-8H2,(H2,17,18). The molecule has 3 aromatic rings. The molecule has 0 aliphatic carbocycles. The Labute approximate surface area is 121 Å². The Kier molecular flexibility index (Phi) is 3.48. The van der Waals surface area contributed by atoms with E-state index in [1.54, 1.807) is 6.26 Å². The molecule has 20 heavy (non-hydrogen) atoms. The quantitative estimate of drug-likeness (QED) is 0.789. The molecule has 0 saturated carbocycles. The van der Waals surface area contributed by atoms with Crippen LogP contribution in [0.2, 0.25) is 5.02 Å². The minimum Gasteiger partial charge on any atom is -0.469 e. The van der Waals surface area contributed by atoms with Crippen molar-refractivity contribution in [3.63, 3.8) is 0 Å². The predicted molar refractivity (Wildman–Crippen MR) is 77.5 cm³/mol. The number of nitrogens with zero attached hydrogens (tertiary/aromatic N) is 1. The van der Waals surface area contributed by atoms with E-state index in [0.717, 1.165) is 23.3 Å². The second kappa shape index (κ2) is 5.43. The lowest BCUT2D eigenvalue weighted by Gasteiger charge is -2.04. The maximum Gasteiger partial charge on any atom is 0.175 e. The minimum absolute atomic E-state index is 0.354. The van der Waals surface area contributed by atoms with Gasteiger partial charge in [0.15, 0.2) is 5.82 Å². The lowest BCUT2D eigenvalue weighted by atomic mass is 10.0. The maximum atomic E-state index is 6.22. The summed E-state index contributed by atoms with van der Waals surface area (Å²) in [6, 6.07) is 11.3. The summed E-state index contributed by atoms with van der Waals surface area (Å²) >= 11 is 6.22. The molecule has 0 atom stereocenters. The van der Waals surface area contributed by atoms with Crippen LogP contribution in [0.4, 0.5) is 5.82 Å². The van der Waals surface area contributed by atoms with Gasteiger partial charge in [0.25, 0.3) is 0 Å². The molecule has 0 aliphatic heterocycles. The third-order valence-corrected chi connectivity index (χ3v) is 3.44. The molecule has 0 amide bonds. The summed E-state index contributed by atoms with van der Waals surface area (Å²) in [7, 11) is 0. The van der Waals surface area contributed by atoms with Gasteiger partial charge in [-0.3, -0.25) is 0 Å². The smallest absolute Gasteiger partial charge is 0.175 e. The van der Waals surface area contributed by atoms with Gasteiger partial charge < -0.3 is 14.7 Å². The molecule has 2 aromatic heterocycles. The Morgan fingerprint density at radius 3 is 2.70 bits per heavy atom. The zero-order valence-electron chi connectivity index (χ0n) is 10.7. The van der Waals surface area contributed by atoms with Crippen LogP contribution in [0.3, 0.4) is 0 Å². The van der Waals surface area contributed by atoms with Crippen molar-refractivity contribution in [1.29, 1.82) is 0 Å². The summed E-state index contributed by atoms with van der Waals surface area (Å²) in [5, 5.41) is 4.47. The zero-order valence-corrected chi connectivity index (χ0v) is 11.4. The zero-order chi connectivity index (χ0) is 13.9. The SMILES string of the molecule is Nc1noc(CCc2ccco2)c1-c1ccccc1Cl. The summed E-state index contributed by atoms with van der Waals surface area (Å²) in [6.45, 7) is 0. The lowest BCUT2D eigenvalue weighted by Crippen LogP contribution is -1.93. The van der Waals surface area contributed by atoms with Crippen molar-refractivity contribution in [1.82, 2.24) is 5.16 Å². The van der Waals surface area contributed by atoms with Gasteiger partial charge in [-0.25, -0.2) is 0 Å². The molecule has 3 rings (SSSR count). The van der Waals surface area contributed by atoms with E-state index >= 15 is 0 Å². The summed E-state index contributed by atoms with van der Waals surface area (Å²) in [5.41, 5.74) is 7.51. The van der Waals surface area contributed by atoms with Crippen molar-refractivity contribution >= 4 is 17.4 Å². The molecular weight excluding hydrogens is 276 g/mol. The number of anilines is 1. The summed E-state index contributed by atoms with van der Waals surface area (Å²) in [5.74, 6) is 1.96. The van der Waals surface area contributed by atoms with E-state index < -0.39 is 0 Å². The van der Waals surface area contributed by atoms with Gasteiger partial charge in [0.1, 0.15) is 11.5 Å². The first-order valence-electron chi connectivity index (χ1n) is 6.27. The van der Waals surface area contributed by atoms with Gasteiger partial charge in [-0.05, 0) is 18.2 Å². The van der Waals surface area contributed by atoms with Crippen LogP contribution in [0.25, 0.3) is 11.1 Å². The van der Waals surface area contributed by atoms with Gasteiger partial charge in [0.2, 0.25) is 0 Å². The molecule has 0 saturated heterocycles. The van der Waals surface area contributed by atoms with E-state index in [-0.39, 0.29) is 0 Å². The van der Waals surface area contributed by atoms with Gasteiger partial charge >= 0.3 is 0 Å². The second-order valence-electron chi connectivity index (χ2n) is 4.43. The van der Waals surface area contributed by atoms with Crippen molar-refractivity contribution < 1.29 is 8.94 Å². The lowest BCUT2D eigenvalue weighted by molar-refractivity contribution is 0.382. The van der Waals surface area contributed by atoms with Crippen LogP contribution in [-0.2, 0) is 12.8 Å². The highest BCUT2D eigenvalue weighted by atomic mass is 35.5. The largest absolute Gasteiger partial charge is 0.469 e. The summed E-state index contributed by atoms with van der Waals surface area (Å²) in [4.78, 5) is 0. The van der Waals surface area contributed by atoms with Crippen LogP contribution in [0.5, 0.6) is 0 Å². The third kappa shape index (κ3) is 2.42. The molecule has 0 spiro atoms. The van der Waals surface area contributed by atoms with Crippen molar-refractivity contribution in [2.75, 3.05) is 5.73 Å². The molecule has 0 radical (unpaired) electrons. The number of nitrogen functional groups attached to an aromatic ring is 1. The predicted octanol–water partition coefficient (Wildman–Crippen LogP) is 3.96. The van der Waals surface area contributed by atoms with Crippen LogP contribution in [0, 0.1) is 0 Å². The molecule has 1 aromatic carbocycles. The van der Waals surface area contributed by atoms with E-state index in [0.29, 0.717) is 23.0 Å². The fourth-order valence-electron chi connectivity index (χ4n) is 2.15. The average Bonchev–Trinajstić information content (AvgIpc) is 3.07. The van der Waals surface area contributed by atoms with Gasteiger partial charge in [0.05, 0.1) is 11.8 Å². The molecule has 0 aliphatic rings. The van der Waals surface area contributed by atoms with Crippen molar-refractivity contribution in [3.05, 3.63) is 59.2 Å². The van der Waals surface area contributed by atoms with Crippen molar-refractivity contribution in [2.24, 2.45) is 0 Å². The molecule has 0 bridgehead atoms. The molecule has 0 unspecified atom stereocenters. The highest BCUT2D eigenvalue weighted by molar-refractivity contribution is 6.33. The van der Waals surface area contributed by atoms with Crippen LogP contribution in [0.1, 0.15) is 11.5 Å². The monoisotopic (exact) mass is 288 g/mol. The van der Waals surface area contributed by atoms with Crippen molar-refractivity contribution in [2.45, 2.75) is 12.8 Å². The molecule has 2 heterocycles. The number of aryl methyl sites for hydroxylation is 2. The average molecular weight is 289 g/mol. The number of hydrogen-bond acceptors (Lipinski definition) is 4. The number of furan rings is 1. The first kappa shape index (κ1) is 12.8. The maximum absolute atomic E-state index is 6.22. The van der Waals surface area contributed by atoms with Gasteiger partial charge in [0, 0.05) is 23.4 Å². The van der Waals surface area contributed by atoms with E-state index in [2.05, 4.69) is 5.16 Å². The number of aromatic nitrogens is 1. The Hall–Kier alpha value is -2.20. The van der Waals surface area contributed by atoms with E-state index in [1.165, 1.54) is 0 Å². The van der Waals surface area contributed by atoms with Gasteiger partial charge in [-0.15, -0.1) is 0 Å². The Balaban J connectivity index is 1.92. The van der Waals surface area contributed by atoms with Crippen LogP contribution in [-0.4, -0.2) is 5.16 Å². The molecule has 2 N–H and O–H groups in total. The first-order valence-corrected chi connectivity index (χ1v) is 6.65. The first-order chi connectivity index (χ1) is 9.75. The van der Waals surface area contributed by atoms with Crippen molar-refractivity contribution in [3.8, 4) is 11.1 Å². The van der Waals surface area contributed by atoms with E-state index in [1.807, 2.05) is 36.4 Å². The minimum atomic E-state index is 0.354. The molecule has 102 valence electrons. The Morgan fingerprint density at radius 2 is 1.95 bits per heavy atom. The molecule has 5 heteroatoms. The third-order valence-electron chi connectivity index (χ3n) is 3.11. The number of rotatable bonds is 4. The molecular formula is C15H13ClN2O2.